The Balaban J connectivity index is 1.88. The topological polar surface area (TPSA) is 0 Å². The average molecular weight is 247 g/mol. The molecule has 2 heteroatoms. The van der Waals surface area contributed by atoms with Crippen molar-refractivity contribution in [1.29, 1.82) is 0 Å². The van der Waals surface area contributed by atoms with Gasteiger partial charge in [-0.05, 0) is 59.7 Å². The lowest BCUT2D eigenvalue weighted by Crippen LogP contribution is -1.97. The Labute approximate surface area is 105 Å². The van der Waals surface area contributed by atoms with Gasteiger partial charge in [-0.2, -0.15) is 0 Å². The number of halogens is 2. The third-order valence-corrected chi connectivity index (χ3v) is 3.69. The zero-order valence-corrected chi connectivity index (χ0v) is 10.0. The van der Waals surface area contributed by atoms with Gasteiger partial charge in [-0.15, -0.1) is 0 Å². The van der Waals surface area contributed by atoms with Crippen molar-refractivity contribution in [3.8, 4) is 0 Å². The second-order valence-corrected chi connectivity index (χ2v) is 5.01. The fourth-order valence-electron chi connectivity index (χ4n) is 2.56. The molecule has 0 radical (unpaired) electrons. The van der Waals surface area contributed by atoms with Crippen molar-refractivity contribution in [2.45, 2.75) is 18.8 Å². The Morgan fingerprint density at radius 3 is 2.41 bits per heavy atom. The molecule has 0 spiro atoms. The van der Waals surface area contributed by atoms with Crippen LogP contribution >= 0.6 is 11.6 Å². The van der Waals surface area contributed by atoms with Crippen LogP contribution in [0.4, 0.5) is 4.39 Å². The molecule has 1 unspecified atom stereocenters. The van der Waals surface area contributed by atoms with Crippen LogP contribution in [0.2, 0.25) is 5.02 Å². The zero-order valence-electron chi connectivity index (χ0n) is 9.29. The van der Waals surface area contributed by atoms with Crippen molar-refractivity contribution >= 4 is 11.6 Å². The molecule has 0 amide bonds. The van der Waals surface area contributed by atoms with Crippen molar-refractivity contribution in [3.63, 3.8) is 0 Å². The Hall–Kier alpha value is -1.34. The maximum atomic E-state index is 13.1. The molecule has 0 saturated carbocycles. The van der Waals surface area contributed by atoms with E-state index >= 15 is 0 Å². The van der Waals surface area contributed by atoms with E-state index in [9.17, 15) is 4.39 Å². The minimum atomic E-state index is -0.138. The molecule has 86 valence electrons. The van der Waals surface area contributed by atoms with Gasteiger partial charge in [0, 0.05) is 5.02 Å². The molecule has 0 aliphatic heterocycles. The van der Waals surface area contributed by atoms with Gasteiger partial charge in [-0.3, -0.25) is 0 Å². The van der Waals surface area contributed by atoms with Gasteiger partial charge in [0.2, 0.25) is 0 Å². The first-order chi connectivity index (χ1) is 8.22. The van der Waals surface area contributed by atoms with Gasteiger partial charge >= 0.3 is 0 Å². The number of benzene rings is 2. The summed E-state index contributed by atoms with van der Waals surface area (Å²) in [7, 11) is 0. The van der Waals surface area contributed by atoms with Crippen LogP contribution in [0.5, 0.6) is 0 Å². The molecule has 0 fully saturated rings. The molecule has 0 nitrogen and oxygen atoms in total. The number of hydrogen-bond donors (Lipinski definition) is 0. The predicted octanol–water partition coefficient (Wildman–Crippen LogP) is 4.36. The zero-order chi connectivity index (χ0) is 11.8. The second kappa shape index (κ2) is 4.15. The van der Waals surface area contributed by atoms with Crippen molar-refractivity contribution < 1.29 is 4.39 Å². The maximum absolute atomic E-state index is 13.1. The summed E-state index contributed by atoms with van der Waals surface area (Å²) in [6, 6.07) is 13.1. The van der Waals surface area contributed by atoms with E-state index in [1.54, 1.807) is 12.1 Å². The Morgan fingerprint density at radius 2 is 1.65 bits per heavy atom. The van der Waals surface area contributed by atoms with Gasteiger partial charge in [0.05, 0.1) is 0 Å². The standard InChI is InChI=1S/C15H12ClF/c16-14-4-1-10(2-5-14)12-7-11-3-6-15(17)9-13(11)8-12/h1-6,9,12H,7-8H2. The van der Waals surface area contributed by atoms with Gasteiger partial charge in [0.1, 0.15) is 5.82 Å². The van der Waals surface area contributed by atoms with E-state index in [-0.39, 0.29) is 5.82 Å². The normalized spacial score (nSPS) is 18.1. The number of hydrogen-bond acceptors (Lipinski definition) is 0. The van der Waals surface area contributed by atoms with E-state index in [1.807, 2.05) is 18.2 Å². The van der Waals surface area contributed by atoms with Crippen molar-refractivity contribution in [3.05, 3.63) is 70.0 Å². The van der Waals surface area contributed by atoms with Gasteiger partial charge in [0.15, 0.2) is 0 Å². The first-order valence-electron chi connectivity index (χ1n) is 5.75. The van der Waals surface area contributed by atoms with Crippen LogP contribution < -0.4 is 0 Å². The third-order valence-electron chi connectivity index (χ3n) is 3.44. The maximum Gasteiger partial charge on any atom is 0.123 e. The van der Waals surface area contributed by atoms with Crippen molar-refractivity contribution in [2.24, 2.45) is 0 Å². The smallest absolute Gasteiger partial charge is 0.123 e. The molecular weight excluding hydrogens is 235 g/mol. The van der Waals surface area contributed by atoms with Gasteiger partial charge in [-0.1, -0.05) is 29.8 Å². The van der Waals surface area contributed by atoms with Crippen LogP contribution in [-0.4, -0.2) is 0 Å². The molecular formula is C15H12ClF. The van der Waals surface area contributed by atoms with Crippen molar-refractivity contribution in [2.75, 3.05) is 0 Å². The van der Waals surface area contributed by atoms with E-state index in [0.717, 1.165) is 23.4 Å². The van der Waals surface area contributed by atoms with Crippen LogP contribution in [-0.2, 0) is 12.8 Å². The van der Waals surface area contributed by atoms with Gasteiger partial charge in [-0.25, -0.2) is 4.39 Å². The molecule has 17 heavy (non-hydrogen) atoms. The van der Waals surface area contributed by atoms with Crippen LogP contribution in [0.15, 0.2) is 42.5 Å². The van der Waals surface area contributed by atoms with E-state index in [0.29, 0.717) is 5.92 Å². The summed E-state index contributed by atoms with van der Waals surface area (Å²) in [6.07, 6.45) is 1.92. The van der Waals surface area contributed by atoms with Crippen LogP contribution in [0.25, 0.3) is 0 Å². The fraction of sp³-hybridized carbons (Fsp3) is 0.200. The van der Waals surface area contributed by atoms with E-state index in [2.05, 4.69) is 12.1 Å². The van der Waals surface area contributed by atoms with Crippen LogP contribution in [0.1, 0.15) is 22.6 Å². The second-order valence-electron chi connectivity index (χ2n) is 4.57. The van der Waals surface area contributed by atoms with E-state index in [1.165, 1.54) is 11.1 Å². The average Bonchev–Trinajstić information content (AvgIpc) is 2.72. The summed E-state index contributed by atoms with van der Waals surface area (Å²) in [5.41, 5.74) is 3.70. The summed E-state index contributed by atoms with van der Waals surface area (Å²) < 4.78 is 13.1. The summed E-state index contributed by atoms with van der Waals surface area (Å²) in [6.45, 7) is 0. The Bertz CT molecular complexity index is 545. The summed E-state index contributed by atoms with van der Waals surface area (Å²) in [5.74, 6) is 0.324. The number of rotatable bonds is 1. The minimum absolute atomic E-state index is 0.138. The van der Waals surface area contributed by atoms with Gasteiger partial charge < -0.3 is 0 Å². The summed E-state index contributed by atoms with van der Waals surface area (Å²) in [4.78, 5) is 0. The molecule has 1 aliphatic carbocycles. The lowest BCUT2D eigenvalue weighted by Gasteiger charge is -2.08. The lowest BCUT2D eigenvalue weighted by atomic mass is 9.96. The van der Waals surface area contributed by atoms with Crippen LogP contribution in [0.3, 0.4) is 0 Å². The largest absolute Gasteiger partial charge is 0.207 e. The van der Waals surface area contributed by atoms with Gasteiger partial charge in [0.25, 0.3) is 0 Å². The van der Waals surface area contributed by atoms with E-state index < -0.39 is 0 Å². The predicted molar refractivity (Wildman–Crippen MR) is 68.0 cm³/mol. The quantitative estimate of drug-likeness (QED) is 0.701. The third kappa shape index (κ3) is 2.07. The summed E-state index contributed by atoms with van der Waals surface area (Å²) in [5, 5.41) is 0.760. The molecule has 0 aromatic heterocycles. The SMILES string of the molecule is Fc1ccc2c(c1)CC(c1ccc(Cl)cc1)C2. The highest BCUT2D eigenvalue weighted by Gasteiger charge is 2.22. The molecule has 1 atom stereocenters. The molecule has 0 bridgehead atoms. The van der Waals surface area contributed by atoms with E-state index in [4.69, 9.17) is 11.6 Å². The molecule has 1 aliphatic rings. The van der Waals surface area contributed by atoms with Crippen LogP contribution in [0, 0.1) is 5.82 Å². The first kappa shape index (κ1) is 10.8. The molecule has 2 aromatic rings. The lowest BCUT2D eigenvalue weighted by molar-refractivity contribution is 0.625. The number of fused-ring (bicyclic) bond motifs is 1. The monoisotopic (exact) mass is 246 g/mol. The molecule has 0 saturated heterocycles. The minimum Gasteiger partial charge on any atom is -0.207 e. The molecule has 2 aromatic carbocycles. The highest BCUT2D eigenvalue weighted by molar-refractivity contribution is 6.30. The Kier molecular flexibility index (Phi) is 2.64. The van der Waals surface area contributed by atoms with Crippen molar-refractivity contribution in [1.82, 2.24) is 0 Å². The highest BCUT2D eigenvalue weighted by Crippen LogP contribution is 2.34. The Morgan fingerprint density at radius 1 is 0.941 bits per heavy atom. The molecule has 0 heterocycles. The first-order valence-corrected chi connectivity index (χ1v) is 6.13. The molecule has 0 N–H and O–H groups in total. The highest BCUT2D eigenvalue weighted by atomic mass is 35.5. The summed E-state index contributed by atoms with van der Waals surface area (Å²) >= 11 is 5.88. The fourth-order valence-corrected chi connectivity index (χ4v) is 2.68. The molecule has 3 rings (SSSR count).